The number of hydrogen-bond acceptors (Lipinski definition) is 7. The van der Waals surface area contributed by atoms with Crippen LogP contribution in [0.15, 0.2) is 75.1 Å². The van der Waals surface area contributed by atoms with Crippen molar-refractivity contribution in [2.45, 2.75) is 17.7 Å². The zero-order chi connectivity index (χ0) is 22.3. The normalized spacial score (nSPS) is 12.2. The monoisotopic (exact) mass is 467 g/mol. The Balaban J connectivity index is 1.43. The lowest BCUT2D eigenvalue weighted by Gasteiger charge is -2.23. The van der Waals surface area contributed by atoms with Crippen LogP contribution < -0.4 is 5.32 Å². The number of furan rings is 1. The SMILES string of the molecule is CN(C)C(CNC(=O)CSc1nnc(-c2ccco2)n1Cc1ccccc1)c1ccsc1. The summed E-state index contributed by atoms with van der Waals surface area (Å²) in [6, 6.07) is 16.0. The van der Waals surface area contributed by atoms with E-state index in [9.17, 15) is 4.79 Å². The first-order chi connectivity index (χ1) is 15.6. The summed E-state index contributed by atoms with van der Waals surface area (Å²) < 4.78 is 7.53. The summed E-state index contributed by atoms with van der Waals surface area (Å²) in [7, 11) is 4.04. The lowest BCUT2D eigenvalue weighted by Crippen LogP contribution is -2.35. The second-order valence-electron chi connectivity index (χ2n) is 7.48. The molecule has 1 aromatic carbocycles. The van der Waals surface area contributed by atoms with Gasteiger partial charge in [0.15, 0.2) is 10.9 Å². The van der Waals surface area contributed by atoms with Crippen LogP contribution in [-0.2, 0) is 11.3 Å². The Kier molecular flexibility index (Phi) is 7.41. The predicted octanol–water partition coefficient (Wildman–Crippen LogP) is 4.16. The Morgan fingerprint density at radius 1 is 1.19 bits per heavy atom. The quantitative estimate of drug-likeness (QED) is 0.353. The fourth-order valence-corrected chi connectivity index (χ4v) is 4.82. The number of rotatable bonds is 10. The highest BCUT2D eigenvalue weighted by Gasteiger charge is 2.19. The molecule has 32 heavy (non-hydrogen) atoms. The smallest absolute Gasteiger partial charge is 0.230 e. The summed E-state index contributed by atoms with van der Waals surface area (Å²) in [5.74, 6) is 1.52. The minimum atomic E-state index is -0.0362. The fourth-order valence-electron chi connectivity index (χ4n) is 3.35. The van der Waals surface area contributed by atoms with Crippen LogP contribution in [-0.4, -0.2) is 52.0 Å². The van der Waals surface area contributed by atoms with E-state index in [1.54, 1.807) is 17.6 Å². The number of hydrogen-bond donors (Lipinski definition) is 1. The number of thioether (sulfide) groups is 1. The molecule has 1 amide bonds. The molecule has 0 saturated heterocycles. The lowest BCUT2D eigenvalue weighted by molar-refractivity contribution is -0.118. The molecule has 0 aliphatic heterocycles. The molecule has 3 heterocycles. The van der Waals surface area contributed by atoms with Gasteiger partial charge in [0.1, 0.15) is 0 Å². The van der Waals surface area contributed by atoms with Gasteiger partial charge in [0, 0.05) is 6.54 Å². The first-order valence-corrected chi connectivity index (χ1v) is 12.1. The van der Waals surface area contributed by atoms with Gasteiger partial charge in [-0.1, -0.05) is 42.1 Å². The molecule has 0 bridgehead atoms. The molecular formula is C23H25N5O2S2. The van der Waals surface area contributed by atoms with Crippen LogP contribution >= 0.6 is 23.1 Å². The minimum Gasteiger partial charge on any atom is -0.461 e. The summed E-state index contributed by atoms with van der Waals surface area (Å²) in [6.45, 7) is 1.15. The number of amides is 1. The van der Waals surface area contributed by atoms with Gasteiger partial charge < -0.3 is 14.6 Å². The molecule has 9 heteroatoms. The Morgan fingerprint density at radius 2 is 2.03 bits per heavy atom. The van der Waals surface area contributed by atoms with E-state index in [1.165, 1.54) is 17.3 Å². The maximum Gasteiger partial charge on any atom is 0.230 e. The van der Waals surface area contributed by atoms with Crippen LogP contribution in [0.25, 0.3) is 11.6 Å². The van der Waals surface area contributed by atoms with Gasteiger partial charge in [-0.15, -0.1) is 10.2 Å². The van der Waals surface area contributed by atoms with E-state index in [4.69, 9.17) is 4.42 Å². The average molecular weight is 468 g/mol. The molecule has 1 atom stereocenters. The number of likely N-dealkylation sites (N-methyl/N-ethyl adjacent to an activating group) is 1. The van der Waals surface area contributed by atoms with Crippen molar-refractivity contribution in [2.24, 2.45) is 0 Å². The molecule has 4 aromatic rings. The Labute approximate surface area is 195 Å². The topological polar surface area (TPSA) is 76.2 Å². The van der Waals surface area contributed by atoms with Crippen LogP contribution in [0, 0.1) is 0 Å². The first-order valence-electron chi connectivity index (χ1n) is 10.2. The van der Waals surface area contributed by atoms with E-state index >= 15 is 0 Å². The van der Waals surface area contributed by atoms with Gasteiger partial charge in [-0.25, -0.2) is 0 Å². The zero-order valence-electron chi connectivity index (χ0n) is 18.0. The van der Waals surface area contributed by atoms with Gasteiger partial charge in [0.05, 0.1) is 24.6 Å². The van der Waals surface area contributed by atoms with Gasteiger partial charge in [-0.3, -0.25) is 9.36 Å². The Hall–Kier alpha value is -2.88. The Bertz CT molecular complexity index is 1110. The number of benzene rings is 1. The molecule has 0 fully saturated rings. The van der Waals surface area contributed by atoms with E-state index in [1.807, 2.05) is 49.0 Å². The third kappa shape index (κ3) is 5.48. The highest BCUT2D eigenvalue weighted by atomic mass is 32.2. The standard InChI is InChI=1S/C23H25N5O2S2/c1-27(2)19(18-10-12-31-15-18)13-24-21(29)16-32-23-26-25-22(20-9-6-11-30-20)28(23)14-17-7-4-3-5-8-17/h3-12,15,19H,13-14,16H2,1-2H3,(H,24,29). The highest BCUT2D eigenvalue weighted by Crippen LogP contribution is 2.26. The third-order valence-corrected chi connectivity index (χ3v) is 6.69. The average Bonchev–Trinajstić information content (AvgIpc) is 3.55. The molecule has 166 valence electrons. The lowest BCUT2D eigenvalue weighted by atomic mass is 10.1. The zero-order valence-corrected chi connectivity index (χ0v) is 19.6. The number of nitrogens with zero attached hydrogens (tertiary/aromatic N) is 4. The maximum atomic E-state index is 12.6. The van der Waals surface area contributed by atoms with Gasteiger partial charge in [-0.2, -0.15) is 11.3 Å². The number of aromatic nitrogens is 3. The molecule has 4 rings (SSSR count). The fraction of sp³-hybridized carbons (Fsp3) is 0.261. The molecule has 0 radical (unpaired) electrons. The third-order valence-electron chi connectivity index (χ3n) is 5.02. The van der Waals surface area contributed by atoms with E-state index in [0.717, 1.165) is 5.56 Å². The van der Waals surface area contributed by atoms with Crippen molar-refractivity contribution >= 4 is 29.0 Å². The minimum absolute atomic E-state index is 0.0362. The first kappa shape index (κ1) is 22.3. The maximum absolute atomic E-state index is 12.6. The van der Waals surface area contributed by atoms with Crippen molar-refractivity contribution in [1.29, 1.82) is 0 Å². The van der Waals surface area contributed by atoms with Crippen molar-refractivity contribution in [1.82, 2.24) is 25.0 Å². The van der Waals surface area contributed by atoms with Crippen LogP contribution in [0.4, 0.5) is 0 Å². The van der Waals surface area contributed by atoms with E-state index in [2.05, 4.69) is 49.4 Å². The summed E-state index contributed by atoms with van der Waals surface area (Å²) in [6.07, 6.45) is 1.62. The highest BCUT2D eigenvalue weighted by molar-refractivity contribution is 7.99. The summed E-state index contributed by atoms with van der Waals surface area (Å²) >= 11 is 3.04. The van der Waals surface area contributed by atoms with Crippen molar-refractivity contribution in [3.63, 3.8) is 0 Å². The summed E-state index contributed by atoms with van der Waals surface area (Å²) in [5.41, 5.74) is 2.33. The number of carbonyl (C=O) groups is 1. The van der Waals surface area contributed by atoms with Crippen LogP contribution in [0.3, 0.4) is 0 Å². The van der Waals surface area contributed by atoms with Crippen molar-refractivity contribution in [2.75, 3.05) is 26.4 Å². The molecule has 0 aliphatic rings. The van der Waals surface area contributed by atoms with E-state index in [-0.39, 0.29) is 17.7 Å². The van der Waals surface area contributed by atoms with Crippen LogP contribution in [0.2, 0.25) is 0 Å². The molecule has 0 saturated carbocycles. The Morgan fingerprint density at radius 3 is 2.72 bits per heavy atom. The number of carbonyl (C=O) groups excluding carboxylic acids is 1. The van der Waals surface area contributed by atoms with E-state index < -0.39 is 0 Å². The van der Waals surface area contributed by atoms with Gasteiger partial charge in [0.25, 0.3) is 0 Å². The number of thiophene rings is 1. The van der Waals surface area contributed by atoms with Crippen molar-refractivity contribution in [3.8, 4) is 11.6 Å². The summed E-state index contributed by atoms with van der Waals surface area (Å²) in [4.78, 5) is 14.7. The largest absolute Gasteiger partial charge is 0.461 e. The molecule has 1 N–H and O–H groups in total. The second-order valence-corrected chi connectivity index (χ2v) is 9.21. The van der Waals surface area contributed by atoms with Gasteiger partial charge in [0.2, 0.25) is 11.7 Å². The molecule has 3 aromatic heterocycles. The molecule has 0 spiro atoms. The van der Waals surface area contributed by atoms with Crippen LogP contribution in [0.5, 0.6) is 0 Å². The molecule has 1 unspecified atom stereocenters. The van der Waals surface area contributed by atoms with Gasteiger partial charge in [-0.05, 0) is 54.2 Å². The molecule has 7 nitrogen and oxygen atoms in total. The van der Waals surface area contributed by atoms with Gasteiger partial charge >= 0.3 is 0 Å². The number of nitrogens with one attached hydrogen (secondary N) is 1. The predicted molar refractivity (Wildman–Crippen MR) is 128 cm³/mol. The van der Waals surface area contributed by atoms with Crippen molar-refractivity contribution in [3.05, 3.63) is 76.7 Å². The molecular weight excluding hydrogens is 442 g/mol. The van der Waals surface area contributed by atoms with Crippen LogP contribution in [0.1, 0.15) is 17.2 Å². The molecule has 0 aliphatic carbocycles. The van der Waals surface area contributed by atoms with Crippen molar-refractivity contribution < 1.29 is 9.21 Å². The van der Waals surface area contributed by atoms with E-state index in [0.29, 0.717) is 29.8 Å². The summed E-state index contributed by atoms with van der Waals surface area (Å²) in [5, 5.41) is 16.6. The second kappa shape index (κ2) is 10.6.